The maximum Gasteiger partial charge on any atom is 0.335 e. The molecule has 1 aliphatic heterocycles. The van der Waals surface area contributed by atoms with E-state index in [-0.39, 0.29) is 25.9 Å². The Morgan fingerprint density at radius 2 is 0.803 bits per heavy atom. The van der Waals surface area contributed by atoms with Crippen molar-refractivity contribution in [1.29, 1.82) is 0 Å². The molecule has 0 aromatic heterocycles. The second-order valence-corrected chi connectivity index (χ2v) is 20.6. The summed E-state index contributed by atoms with van der Waals surface area (Å²) in [7, 11) is 0. The summed E-state index contributed by atoms with van der Waals surface area (Å²) in [4.78, 5) is 51.0. The number of ether oxygens (including phenoxy) is 5. The summed E-state index contributed by atoms with van der Waals surface area (Å²) >= 11 is 0. The zero-order chi connectivity index (χ0) is 51.8. The van der Waals surface area contributed by atoms with Gasteiger partial charge in [-0.3, -0.25) is 14.4 Å². The molecule has 1 aliphatic rings. The number of allylic oxidation sites excluding steroid dienone is 2. The Morgan fingerprint density at radius 3 is 1.20 bits per heavy atom. The molecule has 0 amide bonds. The number of aliphatic hydroxyl groups excluding tert-OH is 2. The van der Waals surface area contributed by atoms with E-state index in [1.165, 1.54) is 167 Å². The summed E-state index contributed by atoms with van der Waals surface area (Å²) in [6.45, 7) is 6.00. The maximum atomic E-state index is 13.1. The first-order valence-corrected chi connectivity index (χ1v) is 29.7. The van der Waals surface area contributed by atoms with Gasteiger partial charge in [0, 0.05) is 19.3 Å². The average molecular weight is 1010 g/mol. The zero-order valence-electron chi connectivity index (χ0n) is 45.7. The first kappa shape index (κ1) is 66.5. The van der Waals surface area contributed by atoms with Crippen molar-refractivity contribution < 1.29 is 58.2 Å². The van der Waals surface area contributed by atoms with Gasteiger partial charge in [0.15, 0.2) is 24.6 Å². The predicted octanol–water partition coefficient (Wildman–Crippen LogP) is 14.9. The van der Waals surface area contributed by atoms with Gasteiger partial charge in [0.05, 0.1) is 6.61 Å². The second-order valence-electron chi connectivity index (χ2n) is 20.6. The van der Waals surface area contributed by atoms with Crippen molar-refractivity contribution in [2.45, 2.75) is 327 Å². The van der Waals surface area contributed by atoms with E-state index in [1.807, 2.05) is 0 Å². The number of carboxylic acids is 1. The van der Waals surface area contributed by atoms with Gasteiger partial charge in [0.1, 0.15) is 18.8 Å². The number of hydrogen-bond donors (Lipinski definition) is 3. The average Bonchev–Trinajstić information content (AvgIpc) is 3.35. The standard InChI is InChI=1S/C59H108O12/c1-4-7-10-13-16-19-22-24-25-26-27-29-31-33-36-39-42-45-51(60)67-48-50(69-52(61)46-43-40-37-34-30-21-18-15-12-9-6-3)49-68-59-57(55(64)54(63)56(71-59)58(65)66)70-53(62)47-44-41-38-35-32-28-23-20-17-14-11-8-5-2/h24-25,50,54-57,59,63-64H,4-23,26-49H2,1-3H3,(H,65,66)/b25-24-. The summed E-state index contributed by atoms with van der Waals surface area (Å²) in [5, 5.41) is 31.4. The van der Waals surface area contributed by atoms with Crippen molar-refractivity contribution in [2.24, 2.45) is 0 Å². The molecule has 0 spiro atoms. The van der Waals surface area contributed by atoms with Crippen LogP contribution < -0.4 is 0 Å². The van der Waals surface area contributed by atoms with Crippen LogP contribution in [0.2, 0.25) is 0 Å². The van der Waals surface area contributed by atoms with Crippen molar-refractivity contribution in [1.82, 2.24) is 0 Å². The van der Waals surface area contributed by atoms with E-state index in [2.05, 4.69) is 32.9 Å². The van der Waals surface area contributed by atoms with Gasteiger partial charge in [0.25, 0.3) is 0 Å². The molecule has 0 aromatic carbocycles. The molecule has 1 heterocycles. The lowest BCUT2D eigenvalue weighted by molar-refractivity contribution is -0.301. The fourth-order valence-corrected chi connectivity index (χ4v) is 9.25. The minimum absolute atomic E-state index is 0.0681. The molecule has 1 rings (SSSR count). The van der Waals surface area contributed by atoms with Gasteiger partial charge in [-0.1, -0.05) is 238 Å². The summed E-state index contributed by atoms with van der Waals surface area (Å²) in [5.74, 6) is -3.09. The summed E-state index contributed by atoms with van der Waals surface area (Å²) in [5.41, 5.74) is 0. The fraction of sp³-hybridized carbons (Fsp3) is 0.898. The van der Waals surface area contributed by atoms with Crippen molar-refractivity contribution in [3.05, 3.63) is 12.2 Å². The number of carbonyl (C=O) groups excluding carboxylic acids is 3. The quantitative estimate of drug-likeness (QED) is 0.0228. The molecule has 3 N–H and O–H groups in total. The van der Waals surface area contributed by atoms with Crippen LogP contribution in [0, 0.1) is 0 Å². The molecule has 71 heavy (non-hydrogen) atoms. The number of unbranched alkanes of at least 4 members (excludes halogenated alkanes) is 35. The maximum absolute atomic E-state index is 13.1. The molecule has 0 aliphatic carbocycles. The molecular formula is C59H108O12. The summed E-state index contributed by atoms with van der Waals surface area (Å²) in [6, 6.07) is 0. The zero-order valence-corrected chi connectivity index (χ0v) is 45.7. The normalized spacial score (nSPS) is 18.5. The molecule has 1 saturated heterocycles. The van der Waals surface area contributed by atoms with E-state index >= 15 is 0 Å². The Bertz CT molecular complexity index is 1290. The van der Waals surface area contributed by atoms with Crippen molar-refractivity contribution in [3.63, 3.8) is 0 Å². The molecule has 0 aromatic rings. The number of aliphatic hydroxyl groups is 2. The lowest BCUT2D eigenvalue weighted by Gasteiger charge is -2.40. The van der Waals surface area contributed by atoms with E-state index in [1.54, 1.807) is 0 Å². The lowest BCUT2D eigenvalue weighted by atomic mass is 9.98. The van der Waals surface area contributed by atoms with Crippen LogP contribution in [-0.2, 0) is 42.9 Å². The molecule has 6 unspecified atom stereocenters. The van der Waals surface area contributed by atoms with E-state index in [4.69, 9.17) is 23.7 Å². The highest BCUT2D eigenvalue weighted by atomic mass is 16.7. The van der Waals surface area contributed by atoms with Gasteiger partial charge in [-0.2, -0.15) is 0 Å². The Kier molecular flexibility index (Phi) is 45.3. The molecule has 416 valence electrons. The number of hydrogen-bond acceptors (Lipinski definition) is 11. The van der Waals surface area contributed by atoms with Gasteiger partial charge in [-0.15, -0.1) is 0 Å². The third kappa shape index (κ3) is 38.7. The van der Waals surface area contributed by atoms with Crippen LogP contribution in [0.25, 0.3) is 0 Å². The predicted molar refractivity (Wildman–Crippen MR) is 285 cm³/mol. The van der Waals surface area contributed by atoms with Crippen LogP contribution in [0.3, 0.4) is 0 Å². The minimum Gasteiger partial charge on any atom is -0.479 e. The SMILES string of the molecule is CCCCCCCC/C=C\CCCCCCCCCC(=O)OCC(COC1OC(C(=O)O)C(O)C(O)C1OC(=O)CCCCCCCCCCCCCCC)OC(=O)CCCCCCCCCCCCC. The fourth-order valence-electron chi connectivity index (χ4n) is 9.25. The van der Waals surface area contributed by atoms with Crippen molar-refractivity contribution >= 4 is 23.9 Å². The van der Waals surface area contributed by atoms with Crippen LogP contribution >= 0.6 is 0 Å². The molecule has 1 fully saturated rings. The lowest BCUT2D eigenvalue weighted by Crippen LogP contribution is -2.61. The monoisotopic (exact) mass is 1010 g/mol. The number of aliphatic carboxylic acids is 1. The van der Waals surface area contributed by atoms with Gasteiger partial charge < -0.3 is 39.0 Å². The molecule has 0 bridgehead atoms. The Morgan fingerprint density at radius 1 is 0.451 bits per heavy atom. The molecule has 6 atom stereocenters. The van der Waals surface area contributed by atoms with Gasteiger partial charge in [-0.05, 0) is 44.9 Å². The van der Waals surface area contributed by atoms with Crippen LogP contribution in [0.1, 0.15) is 290 Å². The number of carbonyl (C=O) groups is 4. The van der Waals surface area contributed by atoms with Crippen LogP contribution in [0.5, 0.6) is 0 Å². The Hall–Kier alpha value is -2.54. The second kappa shape index (κ2) is 48.4. The van der Waals surface area contributed by atoms with E-state index in [0.29, 0.717) is 19.3 Å². The van der Waals surface area contributed by atoms with Crippen molar-refractivity contribution in [3.8, 4) is 0 Å². The molecule has 12 nitrogen and oxygen atoms in total. The van der Waals surface area contributed by atoms with Gasteiger partial charge in [-0.25, -0.2) is 4.79 Å². The molecular weight excluding hydrogens is 901 g/mol. The highest BCUT2D eigenvalue weighted by Gasteiger charge is 2.50. The number of carboxylic acid groups (broad SMARTS) is 1. The molecule has 12 heteroatoms. The largest absolute Gasteiger partial charge is 0.479 e. The summed E-state index contributed by atoms with van der Waals surface area (Å²) in [6.07, 6.45) is 40.4. The smallest absolute Gasteiger partial charge is 0.335 e. The molecule has 0 saturated carbocycles. The van der Waals surface area contributed by atoms with E-state index in [9.17, 15) is 34.5 Å². The van der Waals surface area contributed by atoms with E-state index < -0.39 is 67.3 Å². The van der Waals surface area contributed by atoms with Crippen LogP contribution in [-0.4, -0.2) is 89.2 Å². The minimum atomic E-state index is -1.89. The van der Waals surface area contributed by atoms with Crippen LogP contribution in [0.15, 0.2) is 12.2 Å². The first-order valence-electron chi connectivity index (χ1n) is 29.7. The van der Waals surface area contributed by atoms with Crippen molar-refractivity contribution in [2.75, 3.05) is 13.2 Å². The highest BCUT2D eigenvalue weighted by Crippen LogP contribution is 2.27. The van der Waals surface area contributed by atoms with E-state index in [0.717, 1.165) is 64.2 Å². The Balaban J connectivity index is 2.66. The topological polar surface area (TPSA) is 175 Å². The molecule has 0 radical (unpaired) electrons. The number of esters is 3. The van der Waals surface area contributed by atoms with Gasteiger partial charge in [0.2, 0.25) is 0 Å². The number of rotatable bonds is 51. The third-order valence-electron chi connectivity index (χ3n) is 13.8. The highest BCUT2D eigenvalue weighted by molar-refractivity contribution is 5.74. The Labute approximate surface area is 433 Å². The third-order valence-corrected chi connectivity index (χ3v) is 13.8. The first-order chi connectivity index (χ1) is 34.6. The van der Waals surface area contributed by atoms with Gasteiger partial charge >= 0.3 is 23.9 Å². The summed E-state index contributed by atoms with van der Waals surface area (Å²) < 4.78 is 28.4. The van der Waals surface area contributed by atoms with Crippen LogP contribution in [0.4, 0.5) is 0 Å².